The third kappa shape index (κ3) is 8.93. The average molecular weight is 352 g/mol. The molecule has 0 unspecified atom stereocenters. The number of nitrogens with zero attached hydrogens (tertiary/aromatic N) is 1. The predicted octanol–water partition coefficient (Wildman–Crippen LogP) is -0.629. The molecule has 0 atom stereocenters. The Kier molecular flexibility index (Phi) is 11.4. The van der Waals surface area contributed by atoms with Gasteiger partial charge in [-0.1, -0.05) is 39.0 Å². The first-order valence-electron chi connectivity index (χ1n) is 7.73. The Balaban J connectivity index is 0.00000361. The second-order valence-corrected chi connectivity index (χ2v) is 5.83. The molecule has 1 aliphatic heterocycles. The largest absolute Gasteiger partial charge is 1.00 e. The van der Waals surface area contributed by atoms with Crippen molar-refractivity contribution in [3.8, 4) is 0 Å². The third-order valence-corrected chi connectivity index (χ3v) is 3.82. The number of morpholine rings is 1. The highest BCUT2D eigenvalue weighted by Gasteiger charge is 2.28. The normalized spacial score (nSPS) is 17.3. The molecule has 0 bridgehead atoms. The van der Waals surface area contributed by atoms with E-state index in [-0.39, 0.29) is 23.0 Å². The van der Waals surface area contributed by atoms with Crippen molar-refractivity contribution in [2.75, 3.05) is 46.5 Å². The van der Waals surface area contributed by atoms with Gasteiger partial charge in [0.2, 0.25) is 0 Å². The lowest BCUT2D eigenvalue weighted by Crippen LogP contribution is -3.00. The number of hydrogen-bond donors (Lipinski definition) is 0. The Labute approximate surface area is 134 Å². The van der Waals surface area contributed by atoms with Crippen LogP contribution in [0.5, 0.6) is 0 Å². The molecule has 5 heteroatoms. The number of halogens is 1. The molecule has 1 aliphatic rings. The highest BCUT2D eigenvalue weighted by molar-refractivity contribution is 5.70. The predicted molar refractivity (Wildman–Crippen MR) is 75.9 cm³/mol. The van der Waals surface area contributed by atoms with E-state index in [4.69, 9.17) is 9.47 Å². The van der Waals surface area contributed by atoms with E-state index in [2.05, 4.69) is 14.0 Å². The van der Waals surface area contributed by atoms with Crippen LogP contribution in [0.4, 0.5) is 0 Å². The van der Waals surface area contributed by atoms with Gasteiger partial charge in [0, 0.05) is 0 Å². The van der Waals surface area contributed by atoms with E-state index >= 15 is 0 Å². The van der Waals surface area contributed by atoms with Crippen molar-refractivity contribution in [1.29, 1.82) is 0 Å². The molecule has 0 aliphatic carbocycles. The molecule has 0 amide bonds. The molecule has 0 saturated carbocycles. The van der Waals surface area contributed by atoms with E-state index in [9.17, 15) is 4.79 Å². The molecular formula is C15H30BrNO3. The zero-order valence-corrected chi connectivity index (χ0v) is 14.6. The van der Waals surface area contributed by atoms with Crippen LogP contribution < -0.4 is 17.0 Å². The van der Waals surface area contributed by atoms with Crippen molar-refractivity contribution < 1.29 is 35.7 Å². The van der Waals surface area contributed by atoms with Gasteiger partial charge in [0.05, 0.1) is 26.9 Å². The second-order valence-electron chi connectivity index (χ2n) is 5.83. The summed E-state index contributed by atoms with van der Waals surface area (Å²) >= 11 is 0. The SMILES string of the molecule is CCCCCCCCOC(=O)C[N+]1(C)CCOCC1.[Br-]. The van der Waals surface area contributed by atoms with Crippen molar-refractivity contribution in [1.82, 2.24) is 0 Å². The Morgan fingerprint density at radius 3 is 2.35 bits per heavy atom. The molecule has 120 valence electrons. The molecule has 0 radical (unpaired) electrons. The molecule has 0 aromatic heterocycles. The summed E-state index contributed by atoms with van der Waals surface area (Å²) < 4.78 is 11.4. The summed E-state index contributed by atoms with van der Waals surface area (Å²) in [5, 5.41) is 0. The molecule has 0 N–H and O–H groups in total. The zero-order valence-electron chi connectivity index (χ0n) is 13.0. The maximum Gasteiger partial charge on any atom is 0.361 e. The minimum Gasteiger partial charge on any atom is -1.00 e. The van der Waals surface area contributed by atoms with Gasteiger partial charge in [-0.3, -0.25) is 0 Å². The number of carbonyl (C=O) groups excluding carboxylic acids is 1. The van der Waals surface area contributed by atoms with Crippen LogP contribution in [-0.4, -0.2) is 57.0 Å². The molecule has 1 saturated heterocycles. The minimum atomic E-state index is -0.0574. The van der Waals surface area contributed by atoms with Crippen molar-refractivity contribution in [3.05, 3.63) is 0 Å². The Hall–Kier alpha value is -0.130. The first kappa shape index (κ1) is 19.9. The van der Waals surface area contributed by atoms with Crippen LogP contribution in [-0.2, 0) is 14.3 Å². The summed E-state index contributed by atoms with van der Waals surface area (Å²) in [5.41, 5.74) is 0. The van der Waals surface area contributed by atoms with Gasteiger partial charge in [-0.25, -0.2) is 4.79 Å². The number of rotatable bonds is 9. The summed E-state index contributed by atoms with van der Waals surface area (Å²) in [5.74, 6) is -0.0574. The Morgan fingerprint density at radius 1 is 1.10 bits per heavy atom. The summed E-state index contributed by atoms with van der Waals surface area (Å²) in [6.07, 6.45) is 7.33. The lowest BCUT2D eigenvalue weighted by atomic mass is 10.1. The number of unbranched alkanes of at least 4 members (excludes halogenated alkanes) is 5. The maximum absolute atomic E-state index is 11.8. The van der Waals surface area contributed by atoms with Crippen LogP contribution in [0.3, 0.4) is 0 Å². The topological polar surface area (TPSA) is 35.5 Å². The van der Waals surface area contributed by atoms with Gasteiger partial charge in [-0.05, 0) is 6.42 Å². The first-order chi connectivity index (χ1) is 9.16. The molecular weight excluding hydrogens is 322 g/mol. The lowest BCUT2D eigenvalue weighted by molar-refractivity contribution is -0.910. The van der Waals surface area contributed by atoms with E-state index in [1.807, 2.05) is 0 Å². The van der Waals surface area contributed by atoms with Gasteiger partial charge in [-0.15, -0.1) is 0 Å². The van der Waals surface area contributed by atoms with E-state index in [0.717, 1.165) is 37.2 Å². The van der Waals surface area contributed by atoms with Crippen LogP contribution in [0.15, 0.2) is 0 Å². The van der Waals surface area contributed by atoms with E-state index in [1.54, 1.807) is 0 Å². The third-order valence-electron chi connectivity index (χ3n) is 3.82. The van der Waals surface area contributed by atoms with Crippen LogP contribution in [0, 0.1) is 0 Å². The summed E-state index contributed by atoms with van der Waals surface area (Å²) in [6.45, 7) is 6.61. The fourth-order valence-corrected chi connectivity index (χ4v) is 2.37. The van der Waals surface area contributed by atoms with Gasteiger partial charge in [0.1, 0.15) is 13.1 Å². The monoisotopic (exact) mass is 351 g/mol. The first-order valence-corrected chi connectivity index (χ1v) is 7.73. The Morgan fingerprint density at radius 2 is 1.70 bits per heavy atom. The molecule has 0 spiro atoms. The number of carbonyl (C=O) groups is 1. The molecule has 0 aromatic rings. The summed E-state index contributed by atoms with van der Waals surface area (Å²) in [4.78, 5) is 11.8. The highest BCUT2D eigenvalue weighted by Crippen LogP contribution is 2.08. The van der Waals surface area contributed by atoms with Crippen molar-refractivity contribution >= 4 is 5.97 Å². The van der Waals surface area contributed by atoms with Crippen LogP contribution in [0.25, 0.3) is 0 Å². The van der Waals surface area contributed by atoms with Gasteiger partial charge < -0.3 is 30.9 Å². The van der Waals surface area contributed by atoms with Gasteiger partial charge in [0.15, 0.2) is 6.54 Å². The Bertz CT molecular complexity index is 256. The van der Waals surface area contributed by atoms with Gasteiger partial charge in [0.25, 0.3) is 0 Å². The number of likely N-dealkylation sites (N-methyl/N-ethyl adjacent to an activating group) is 1. The van der Waals surface area contributed by atoms with Crippen LogP contribution in [0.2, 0.25) is 0 Å². The number of quaternary nitrogens is 1. The highest BCUT2D eigenvalue weighted by atomic mass is 79.9. The molecule has 1 fully saturated rings. The molecule has 1 rings (SSSR count). The summed E-state index contributed by atoms with van der Waals surface area (Å²) in [6, 6.07) is 0. The molecule has 4 nitrogen and oxygen atoms in total. The standard InChI is InChI=1S/C15H30NO3.BrH/c1-3-4-5-6-7-8-11-19-15(17)14-16(2)9-12-18-13-10-16;/h3-14H2,1-2H3;1H/q+1;/p-1. The quantitative estimate of drug-likeness (QED) is 0.315. The number of esters is 1. The summed E-state index contributed by atoms with van der Waals surface area (Å²) in [7, 11) is 2.11. The smallest absolute Gasteiger partial charge is 0.361 e. The zero-order chi connectivity index (χ0) is 14.0. The van der Waals surface area contributed by atoms with Crippen LogP contribution in [0.1, 0.15) is 45.4 Å². The van der Waals surface area contributed by atoms with Crippen molar-refractivity contribution in [2.45, 2.75) is 45.4 Å². The van der Waals surface area contributed by atoms with Crippen molar-refractivity contribution in [3.63, 3.8) is 0 Å². The van der Waals surface area contributed by atoms with Crippen LogP contribution >= 0.6 is 0 Å². The van der Waals surface area contributed by atoms with Gasteiger partial charge in [-0.2, -0.15) is 0 Å². The lowest BCUT2D eigenvalue weighted by Gasteiger charge is -2.36. The fourth-order valence-electron chi connectivity index (χ4n) is 2.37. The van der Waals surface area contributed by atoms with E-state index < -0.39 is 0 Å². The number of ether oxygens (including phenoxy) is 2. The van der Waals surface area contributed by atoms with Crippen molar-refractivity contribution in [2.24, 2.45) is 0 Å². The second kappa shape index (κ2) is 11.5. The molecule has 20 heavy (non-hydrogen) atoms. The molecule has 0 aromatic carbocycles. The number of hydrogen-bond acceptors (Lipinski definition) is 3. The average Bonchev–Trinajstić information content (AvgIpc) is 2.38. The van der Waals surface area contributed by atoms with Gasteiger partial charge >= 0.3 is 5.97 Å². The van der Waals surface area contributed by atoms with E-state index in [0.29, 0.717) is 13.2 Å². The molecule has 1 heterocycles. The maximum atomic E-state index is 11.8. The van der Waals surface area contributed by atoms with E-state index in [1.165, 1.54) is 32.1 Å². The minimum absolute atomic E-state index is 0. The fraction of sp³-hybridized carbons (Fsp3) is 0.933.